The third kappa shape index (κ3) is 4.15. The van der Waals surface area contributed by atoms with Crippen LogP contribution in [0.25, 0.3) is 10.9 Å². The van der Waals surface area contributed by atoms with Gasteiger partial charge in [0.2, 0.25) is 5.91 Å². The monoisotopic (exact) mass is 356 g/mol. The maximum Gasteiger partial charge on any atom is 0.224 e. The maximum absolute atomic E-state index is 12.4. The average Bonchev–Trinajstić information content (AvgIpc) is 3.11. The first kappa shape index (κ1) is 16.8. The van der Waals surface area contributed by atoms with Crippen molar-refractivity contribution in [1.82, 2.24) is 9.97 Å². The smallest absolute Gasteiger partial charge is 0.224 e. The lowest BCUT2D eigenvalue weighted by molar-refractivity contribution is -0.116. The SMILES string of the molecule is O=C(CCc1c[nH]c2ccccc12)Nc1cccc(Nc2ccncc2)c1. The molecule has 0 aliphatic heterocycles. The van der Waals surface area contributed by atoms with E-state index in [9.17, 15) is 4.79 Å². The van der Waals surface area contributed by atoms with Crippen LogP contribution in [0.3, 0.4) is 0 Å². The number of anilines is 3. The Bertz CT molecular complexity index is 1060. The second-order valence-corrected chi connectivity index (χ2v) is 6.35. The van der Waals surface area contributed by atoms with Crippen LogP contribution in [0.15, 0.2) is 79.3 Å². The van der Waals surface area contributed by atoms with Crippen LogP contribution in [0.4, 0.5) is 17.1 Å². The van der Waals surface area contributed by atoms with Gasteiger partial charge in [-0.15, -0.1) is 0 Å². The molecule has 134 valence electrons. The molecule has 0 bridgehead atoms. The van der Waals surface area contributed by atoms with Crippen LogP contribution < -0.4 is 10.6 Å². The summed E-state index contributed by atoms with van der Waals surface area (Å²) in [5.74, 6) is 0.00124. The number of benzene rings is 2. The number of aryl methyl sites for hydroxylation is 1. The van der Waals surface area contributed by atoms with E-state index in [1.807, 2.05) is 60.8 Å². The molecule has 0 unspecified atom stereocenters. The van der Waals surface area contributed by atoms with Gasteiger partial charge in [-0.05, 0) is 48.4 Å². The number of amides is 1. The zero-order valence-corrected chi connectivity index (χ0v) is 14.8. The molecule has 4 aromatic rings. The van der Waals surface area contributed by atoms with E-state index in [-0.39, 0.29) is 5.91 Å². The number of aromatic nitrogens is 2. The van der Waals surface area contributed by atoms with Crippen molar-refractivity contribution < 1.29 is 4.79 Å². The van der Waals surface area contributed by atoms with Crippen LogP contribution in [0.2, 0.25) is 0 Å². The minimum atomic E-state index is 0.00124. The lowest BCUT2D eigenvalue weighted by Crippen LogP contribution is -2.12. The molecule has 0 spiro atoms. The minimum Gasteiger partial charge on any atom is -0.361 e. The number of fused-ring (bicyclic) bond motifs is 1. The Labute approximate surface area is 157 Å². The van der Waals surface area contributed by atoms with E-state index >= 15 is 0 Å². The highest BCUT2D eigenvalue weighted by Crippen LogP contribution is 2.21. The topological polar surface area (TPSA) is 69.8 Å². The number of carbonyl (C=O) groups excluding carboxylic acids is 1. The van der Waals surface area contributed by atoms with Gasteiger partial charge >= 0.3 is 0 Å². The normalized spacial score (nSPS) is 10.7. The summed E-state index contributed by atoms with van der Waals surface area (Å²) in [6.07, 6.45) is 6.59. The Morgan fingerprint density at radius 3 is 2.63 bits per heavy atom. The Balaban J connectivity index is 1.37. The predicted molar refractivity (Wildman–Crippen MR) is 109 cm³/mol. The number of hydrogen-bond donors (Lipinski definition) is 3. The van der Waals surface area contributed by atoms with E-state index in [0.717, 1.165) is 28.1 Å². The number of nitrogens with zero attached hydrogens (tertiary/aromatic N) is 1. The van der Waals surface area contributed by atoms with Crippen LogP contribution in [-0.2, 0) is 11.2 Å². The molecule has 1 amide bonds. The van der Waals surface area contributed by atoms with Crippen molar-refractivity contribution in [2.45, 2.75) is 12.8 Å². The van der Waals surface area contributed by atoms with Crippen LogP contribution in [0.1, 0.15) is 12.0 Å². The van der Waals surface area contributed by atoms with Gasteiger partial charge in [0.15, 0.2) is 0 Å². The Morgan fingerprint density at radius 1 is 0.926 bits per heavy atom. The fraction of sp³-hybridized carbons (Fsp3) is 0.0909. The third-order valence-electron chi connectivity index (χ3n) is 4.41. The number of aromatic amines is 1. The number of rotatable bonds is 6. The van der Waals surface area contributed by atoms with Gasteiger partial charge < -0.3 is 15.6 Å². The highest BCUT2D eigenvalue weighted by Gasteiger charge is 2.07. The van der Waals surface area contributed by atoms with Crippen molar-refractivity contribution in [3.05, 3.63) is 84.8 Å². The molecule has 2 heterocycles. The molecule has 0 aliphatic carbocycles. The third-order valence-corrected chi connectivity index (χ3v) is 4.41. The zero-order chi connectivity index (χ0) is 18.5. The number of H-pyrrole nitrogens is 1. The van der Waals surface area contributed by atoms with Crippen LogP contribution in [0.5, 0.6) is 0 Å². The molecule has 0 fully saturated rings. The molecule has 0 aliphatic rings. The summed E-state index contributed by atoms with van der Waals surface area (Å²) in [6.45, 7) is 0. The number of pyridine rings is 1. The molecule has 0 saturated carbocycles. The van der Waals surface area contributed by atoms with E-state index in [1.165, 1.54) is 5.39 Å². The van der Waals surface area contributed by atoms with Crippen molar-refractivity contribution in [1.29, 1.82) is 0 Å². The predicted octanol–water partition coefficient (Wildman–Crippen LogP) is 4.88. The van der Waals surface area contributed by atoms with Crippen LogP contribution >= 0.6 is 0 Å². The number of hydrogen-bond acceptors (Lipinski definition) is 3. The minimum absolute atomic E-state index is 0.00124. The largest absolute Gasteiger partial charge is 0.361 e. The van der Waals surface area contributed by atoms with E-state index in [1.54, 1.807) is 12.4 Å². The van der Waals surface area contributed by atoms with Gasteiger partial charge in [-0.1, -0.05) is 24.3 Å². The molecule has 0 atom stereocenters. The Morgan fingerprint density at radius 2 is 1.74 bits per heavy atom. The summed E-state index contributed by atoms with van der Waals surface area (Å²) in [7, 11) is 0. The van der Waals surface area contributed by atoms with E-state index in [4.69, 9.17) is 0 Å². The standard InChI is InChI=1S/C22H20N4O/c27-22(9-8-16-15-24-21-7-2-1-6-20(16)21)26-19-5-3-4-18(14-19)25-17-10-12-23-13-11-17/h1-7,10-15,24H,8-9H2,(H,23,25)(H,26,27). The van der Waals surface area contributed by atoms with Gasteiger partial charge in [-0.3, -0.25) is 9.78 Å². The van der Waals surface area contributed by atoms with Crippen molar-refractivity contribution >= 4 is 33.9 Å². The van der Waals surface area contributed by atoms with Gasteiger partial charge in [-0.2, -0.15) is 0 Å². The molecular weight excluding hydrogens is 336 g/mol. The molecular formula is C22H20N4O. The van der Waals surface area contributed by atoms with Gasteiger partial charge in [0.25, 0.3) is 0 Å². The average molecular weight is 356 g/mol. The molecule has 2 aromatic carbocycles. The summed E-state index contributed by atoms with van der Waals surface area (Å²) in [6, 6.07) is 19.6. The summed E-state index contributed by atoms with van der Waals surface area (Å²) < 4.78 is 0. The second-order valence-electron chi connectivity index (χ2n) is 6.35. The number of nitrogens with one attached hydrogen (secondary N) is 3. The molecule has 5 heteroatoms. The first-order chi connectivity index (χ1) is 13.3. The molecule has 0 radical (unpaired) electrons. The summed E-state index contributed by atoms with van der Waals surface area (Å²) in [4.78, 5) is 19.6. The molecule has 4 rings (SSSR count). The van der Waals surface area contributed by atoms with Crippen LogP contribution in [0, 0.1) is 0 Å². The van der Waals surface area contributed by atoms with Gasteiger partial charge in [0, 0.05) is 53.0 Å². The van der Waals surface area contributed by atoms with Crippen molar-refractivity contribution in [2.75, 3.05) is 10.6 Å². The van der Waals surface area contributed by atoms with Gasteiger partial charge in [0.1, 0.15) is 0 Å². The van der Waals surface area contributed by atoms with Crippen molar-refractivity contribution in [3.8, 4) is 0 Å². The van der Waals surface area contributed by atoms with Gasteiger partial charge in [0.05, 0.1) is 0 Å². The molecule has 3 N–H and O–H groups in total. The molecule has 27 heavy (non-hydrogen) atoms. The van der Waals surface area contributed by atoms with Crippen molar-refractivity contribution in [2.24, 2.45) is 0 Å². The first-order valence-corrected chi connectivity index (χ1v) is 8.90. The molecule has 0 saturated heterocycles. The summed E-state index contributed by atoms with van der Waals surface area (Å²) >= 11 is 0. The zero-order valence-electron chi connectivity index (χ0n) is 14.8. The second kappa shape index (κ2) is 7.74. The summed E-state index contributed by atoms with van der Waals surface area (Å²) in [5.41, 5.74) is 4.90. The van der Waals surface area contributed by atoms with E-state index in [2.05, 4.69) is 26.7 Å². The van der Waals surface area contributed by atoms with E-state index < -0.39 is 0 Å². The lowest BCUT2D eigenvalue weighted by Gasteiger charge is -2.09. The number of para-hydroxylation sites is 1. The lowest BCUT2D eigenvalue weighted by atomic mass is 10.1. The quantitative estimate of drug-likeness (QED) is 0.461. The molecule has 2 aromatic heterocycles. The highest BCUT2D eigenvalue weighted by molar-refractivity contribution is 5.92. The fourth-order valence-electron chi connectivity index (χ4n) is 3.09. The van der Waals surface area contributed by atoms with Crippen LogP contribution in [-0.4, -0.2) is 15.9 Å². The Kier molecular flexibility index (Phi) is 4.83. The fourth-order valence-corrected chi connectivity index (χ4v) is 3.09. The van der Waals surface area contributed by atoms with Crippen molar-refractivity contribution in [3.63, 3.8) is 0 Å². The van der Waals surface area contributed by atoms with E-state index in [0.29, 0.717) is 12.8 Å². The molecule has 5 nitrogen and oxygen atoms in total. The highest BCUT2D eigenvalue weighted by atomic mass is 16.1. The first-order valence-electron chi connectivity index (χ1n) is 8.90. The summed E-state index contributed by atoms with van der Waals surface area (Å²) in [5, 5.41) is 7.45. The Hall–Kier alpha value is -3.60. The maximum atomic E-state index is 12.4. The number of carbonyl (C=O) groups is 1. The van der Waals surface area contributed by atoms with Gasteiger partial charge in [-0.25, -0.2) is 0 Å².